The van der Waals surface area contributed by atoms with Gasteiger partial charge in [-0.3, -0.25) is 0 Å². The third-order valence-electron chi connectivity index (χ3n) is 7.83. The highest BCUT2D eigenvalue weighted by Crippen LogP contribution is 2.51. The fourth-order valence-corrected chi connectivity index (χ4v) is 6.25. The second-order valence-electron chi connectivity index (χ2n) is 10.6. The highest BCUT2D eigenvalue weighted by Gasteiger charge is 2.42. The van der Waals surface area contributed by atoms with Gasteiger partial charge in [0.15, 0.2) is 5.58 Å². The fraction of sp³-hybridized carbons (Fsp3) is 0.235. The van der Waals surface area contributed by atoms with Crippen molar-refractivity contribution in [3.8, 4) is 0 Å². The lowest BCUT2D eigenvalue weighted by molar-refractivity contribution is 0.644. The van der Waals surface area contributed by atoms with E-state index in [-0.39, 0.29) is 6.17 Å². The van der Waals surface area contributed by atoms with E-state index in [0.717, 1.165) is 27.6 Å². The minimum atomic E-state index is -0.0292. The average molecular weight is 487 g/mol. The van der Waals surface area contributed by atoms with Gasteiger partial charge in [-0.2, -0.15) is 0 Å². The monoisotopic (exact) mass is 486 g/mol. The Balaban J connectivity index is 1.71. The molecule has 0 saturated heterocycles. The Kier molecular flexibility index (Phi) is 5.60. The largest absolute Gasteiger partial charge is 0.454 e. The van der Waals surface area contributed by atoms with Crippen LogP contribution in [0.25, 0.3) is 21.9 Å². The third-order valence-corrected chi connectivity index (χ3v) is 7.83. The van der Waals surface area contributed by atoms with E-state index in [1.807, 2.05) is 6.07 Å². The molecule has 0 aliphatic carbocycles. The number of hydrogen-bond acceptors (Lipinski definition) is 3. The summed E-state index contributed by atoms with van der Waals surface area (Å²) >= 11 is 0. The molecular weight excluding hydrogens is 452 g/mol. The maximum absolute atomic E-state index is 6.62. The van der Waals surface area contributed by atoms with E-state index in [0.29, 0.717) is 5.92 Å². The first-order valence-corrected chi connectivity index (χ1v) is 13.2. The van der Waals surface area contributed by atoms with Gasteiger partial charge in [0.1, 0.15) is 11.7 Å². The molecule has 1 atom stereocenters. The zero-order valence-electron chi connectivity index (χ0n) is 22.5. The molecule has 37 heavy (non-hydrogen) atoms. The van der Waals surface area contributed by atoms with E-state index in [9.17, 15) is 0 Å². The molecule has 0 bridgehead atoms. The molecule has 0 spiro atoms. The maximum Gasteiger partial charge on any atom is 0.159 e. The Morgan fingerprint density at radius 1 is 0.649 bits per heavy atom. The molecule has 5 aromatic rings. The van der Waals surface area contributed by atoms with Gasteiger partial charge in [0.05, 0.1) is 5.69 Å². The predicted octanol–water partition coefficient (Wildman–Crippen LogP) is 9.42. The summed E-state index contributed by atoms with van der Waals surface area (Å²) in [5.74, 6) is 0.340. The van der Waals surface area contributed by atoms with Gasteiger partial charge in [-0.1, -0.05) is 80.6 Å². The van der Waals surface area contributed by atoms with Gasteiger partial charge in [-0.05, 0) is 68.5 Å². The van der Waals surface area contributed by atoms with Crippen LogP contribution in [0.3, 0.4) is 0 Å². The molecule has 1 aromatic heterocycles. The van der Waals surface area contributed by atoms with E-state index in [1.165, 1.54) is 39.3 Å². The van der Waals surface area contributed by atoms with Crippen molar-refractivity contribution in [3.63, 3.8) is 0 Å². The van der Waals surface area contributed by atoms with Crippen LogP contribution in [-0.4, -0.2) is 0 Å². The van der Waals surface area contributed by atoms with E-state index < -0.39 is 0 Å². The molecule has 1 aliphatic heterocycles. The van der Waals surface area contributed by atoms with Gasteiger partial charge < -0.3 is 14.2 Å². The van der Waals surface area contributed by atoms with Crippen LogP contribution in [0, 0.1) is 26.7 Å². The van der Waals surface area contributed by atoms with Gasteiger partial charge in [0.2, 0.25) is 0 Å². The number of para-hydroxylation sites is 2. The van der Waals surface area contributed by atoms with Crippen LogP contribution < -0.4 is 9.80 Å². The fourth-order valence-electron chi connectivity index (χ4n) is 6.25. The van der Waals surface area contributed by atoms with Crippen molar-refractivity contribution in [2.24, 2.45) is 5.92 Å². The smallest absolute Gasteiger partial charge is 0.159 e. The number of rotatable bonds is 4. The molecule has 0 radical (unpaired) electrons. The summed E-state index contributed by atoms with van der Waals surface area (Å²) in [5, 5.41) is 2.32. The molecule has 2 heterocycles. The molecule has 1 unspecified atom stereocenters. The number of furan rings is 1. The lowest BCUT2D eigenvalue weighted by Crippen LogP contribution is -2.35. The maximum atomic E-state index is 6.62. The normalized spacial score (nSPS) is 16.1. The van der Waals surface area contributed by atoms with E-state index in [1.54, 1.807) is 0 Å². The molecule has 4 aromatic carbocycles. The van der Waals surface area contributed by atoms with Crippen LogP contribution in [-0.2, 0) is 0 Å². The van der Waals surface area contributed by atoms with Gasteiger partial charge in [-0.25, -0.2) is 0 Å². The molecule has 6 rings (SSSR count). The minimum absolute atomic E-state index is 0.0292. The zero-order valence-corrected chi connectivity index (χ0v) is 22.5. The van der Waals surface area contributed by atoms with Crippen LogP contribution in [0.5, 0.6) is 0 Å². The molecule has 0 fully saturated rings. The first-order chi connectivity index (χ1) is 17.9. The first-order valence-electron chi connectivity index (χ1n) is 13.2. The summed E-state index contributed by atoms with van der Waals surface area (Å²) in [4.78, 5) is 5.09. The second kappa shape index (κ2) is 8.85. The first kappa shape index (κ1) is 23.4. The van der Waals surface area contributed by atoms with Crippen molar-refractivity contribution in [3.05, 3.63) is 119 Å². The molecule has 0 amide bonds. The van der Waals surface area contributed by atoms with Gasteiger partial charge in [0, 0.05) is 33.4 Å². The summed E-state index contributed by atoms with van der Waals surface area (Å²) in [5.41, 5.74) is 12.0. The molecule has 0 N–H and O–H groups in total. The Bertz CT molecular complexity index is 1640. The summed E-state index contributed by atoms with van der Waals surface area (Å²) in [6.45, 7) is 13.6. The Hall–Kier alpha value is -3.98. The zero-order chi connectivity index (χ0) is 25.8. The van der Waals surface area contributed by atoms with Crippen molar-refractivity contribution in [2.75, 3.05) is 9.80 Å². The van der Waals surface area contributed by atoms with Crippen molar-refractivity contribution >= 4 is 33.3 Å². The SMILES string of the molecule is CC1=C(C(C)C)N(c2ccccc2)C(c2c(C)cccc2C)N1c1c(C)ccc2c1oc1ccccc12. The molecule has 3 nitrogen and oxygen atoms in total. The Morgan fingerprint density at radius 2 is 1.32 bits per heavy atom. The van der Waals surface area contributed by atoms with Crippen LogP contribution >= 0.6 is 0 Å². The van der Waals surface area contributed by atoms with Crippen LogP contribution in [0.15, 0.2) is 101 Å². The average Bonchev–Trinajstić information content (AvgIpc) is 3.40. The number of benzene rings is 4. The quantitative estimate of drug-likeness (QED) is 0.252. The summed E-state index contributed by atoms with van der Waals surface area (Å²) < 4.78 is 6.62. The lowest BCUT2D eigenvalue weighted by atomic mass is 9.97. The van der Waals surface area contributed by atoms with Crippen LogP contribution in [0.4, 0.5) is 11.4 Å². The van der Waals surface area contributed by atoms with Gasteiger partial charge in [-0.15, -0.1) is 0 Å². The number of aryl methyl sites for hydroxylation is 3. The van der Waals surface area contributed by atoms with Crippen LogP contribution in [0.1, 0.15) is 49.2 Å². The number of fused-ring (bicyclic) bond motifs is 3. The number of nitrogens with zero attached hydrogens (tertiary/aromatic N) is 2. The molecule has 186 valence electrons. The minimum Gasteiger partial charge on any atom is -0.454 e. The second-order valence-corrected chi connectivity index (χ2v) is 10.6. The van der Waals surface area contributed by atoms with Gasteiger partial charge >= 0.3 is 0 Å². The Labute approximate surface area is 219 Å². The summed E-state index contributed by atoms with van der Waals surface area (Å²) in [6, 6.07) is 30.3. The van der Waals surface area contributed by atoms with E-state index in [2.05, 4.69) is 130 Å². The molecule has 1 aliphatic rings. The highest BCUT2D eigenvalue weighted by atomic mass is 16.3. The highest BCUT2D eigenvalue weighted by molar-refractivity contribution is 6.10. The lowest BCUT2D eigenvalue weighted by Gasteiger charge is -2.38. The van der Waals surface area contributed by atoms with Crippen molar-refractivity contribution in [1.82, 2.24) is 0 Å². The predicted molar refractivity (Wildman–Crippen MR) is 156 cm³/mol. The number of hydrogen-bond donors (Lipinski definition) is 0. The van der Waals surface area contributed by atoms with Crippen molar-refractivity contribution in [2.45, 2.75) is 47.7 Å². The number of allylic oxidation sites excluding steroid dienone is 2. The molecule has 0 saturated carbocycles. The summed E-state index contributed by atoms with van der Waals surface area (Å²) in [7, 11) is 0. The van der Waals surface area contributed by atoms with E-state index in [4.69, 9.17) is 4.42 Å². The number of anilines is 2. The van der Waals surface area contributed by atoms with Crippen molar-refractivity contribution in [1.29, 1.82) is 0 Å². The van der Waals surface area contributed by atoms with Crippen molar-refractivity contribution < 1.29 is 4.42 Å². The Morgan fingerprint density at radius 3 is 2.03 bits per heavy atom. The topological polar surface area (TPSA) is 19.6 Å². The standard InChI is InChI=1S/C34H34N2O/c1-21(2)31-25(6)35(32-24(5)19-20-28-27-17-10-11-18-29(27)37-33(28)32)34(30-22(3)13-12-14-23(30)4)36(31)26-15-8-7-9-16-26/h7-21,34H,1-6H3. The molecular formula is C34H34N2O. The van der Waals surface area contributed by atoms with Gasteiger partial charge in [0.25, 0.3) is 0 Å². The molecule has 3 heteroatoms. The van der Waals surface area contributed by atoms with E-state index >= 15 is 0 Å². The third kappa shape index (κ3) is 3.56. The van der Waals surface area contributed by atoms with Crippen LogP contribution in [0.2, 0.25) is 0 Å². The summed E-state index contributed by atoms with van der Waals surface area (Å²) in [6.07, 6.45) is -0.0292.